The van der Waals surface area contributed by atoms with Crippen molar-refractivity contribution in [2.45, 2.75) is 25.0 Å². The van der Waals surface area contributed by atoms with Crippen molar-refractivity contribution in [3.05, 3.63) is 28.8 Å². The molecular formula is C13H14ClNO5. The van der Waals surface area contributed by atoms with Crippen LogP contribution in [0, 0.1) is 0 Å². The van der Waals surface area contributed by atoms with Crippen LogP contribution in [0.1, 0.15) is 23.2 Å². The van der Waals surface area contributed by atoms with Crippen LogP contribution < -0.4 is 0 Å². The zero-order chi connectivity index (χ0) is 14.9. The normalized spacial score (nSPS) is 22.6. The van der Waals surface area contributed by atoms with Crippen LogP contribution in [0.25, 0.3) is 0 Å². The van der Waals surface area contributed by atoms with E-state index in [2.05, 4.69) is 0 Å². The summed E-state index contributed by atoms with van der Waals surface area (Å²) in [4.78, 5) is 24.7. The first-order valence-electron chi connectivity index (χ1n) is 6.10. The molecule has 1 aromatic rings. The van der Waals surface area contributed by atoms with Gasteiger partial charge >= 0.3 is 5.97 Å². The van der Waals surface area contributed by atoms with E-state index in [-0.39, 0.29) is 29.3 Å². The maximum absolute atomic E-state index is 12.3. The fraction of sp³-hybridized carbons (Fsp3) is 0.385. The van der Waals surface area contributed by atoms with Gasteiger partial charge in [0, 0.05) is 18.5 Å². The van der Waals surface area contributed by atoms with Crippen molar-refractivity contribution in [2.75, 3.05) is 6.54 Å². The third-order valence-electron chi connectivity index (χ3n) is 3.32. The highest BCUT2D eigenvalue weighted by atomic mass is 35.5. The number of hydrogen-bond donors (Lipinski definition) is 3. The van der Waals surface area contributed by atoms with Gasteiger partial charge in [-0.15, -0.1) is 0 Å². The maximum atomic E-state index is 12.3. The zero-order valence-corrected chi connectivity index (χ0v) is 11.2. The number of phenolic OH excluding ortho intramolecular Hbond substituents is 1. The summed E-state index contributed by atoms with van der Waals surface area (Å²) in [7, 11) is 0. The lowest BCUT2D eigenvalue weighted by atomic mass is 9.98. The molecule has 6 nitrogen and oxygen atoms in total. The second-order valence-electron chi connectivity index (χ2n) is 4.70. The molecule has 3 N–H and O–H groups in total. The van der Waals surface area contributed by atoms with Crippen molar-refractivity contribution in [1.29, 1.82) is 0 Å². The minimum atomic E-state index is -1.15. The predicted molar refractivity (Wildman–Crippen MR) is 70.8 cm³/mol. The molecule has 108 valence electrons. The number of aliphatic hydroxyl groups is 1. The van der Waals surface area contributed by atoms with Gasteiger partial charge in [-0.05, 0) is 24.6 Å². The molecule has 0 aliphatic carbocycles. The third-order valence-corrected chi connectivity index (χ3v) is 3.62. The summed E-state index contributed by atoms with van der Waals surface area (Å²) in [6.07, 6.45) is -0.377. The highest BCUT2D eigenvalue weighted by Crippen LogP contribution is 2.26. The van der Waals surface area contributed by atoms with E-state index >= 15 is 0 Å². The first-order valence-corrected chi connectivity index (χ1v) is 6.48. The second kappa shape index (κ2) is 5.68. The van der Waals surface area contributed by atoms with E-state index in [1.54, 1.807) is 0 Å². The molecule has 20 heavy (non-hydrogen) atoms. The number of aliphatic carboxylic acids is 1. The molecule has 2 atom stereocenters. The van der Waals surface area contributed by atoms with Crippen molar-refractivity contribution >= 4 is 23.5 Å². The maximum Gasteiger partial charge on any atom is 0.326 e. The monoisotopic (exact) mass is 299 g/mol. The van der Waals surface area contributed by atoms with E-state index in [4.69, 9.17) is 16.7 Å². The van der Waals surface area contributed by atoms with Gasteiger partial charge in [-0.1, -0.05) is 11.6 Å². The SMILES string of the molecule is O=C(O)[C@H]1C[C@@H](O)CCN1C(=O)c1ccc(O)c(Cl)c1. The molecule has 1 amide bonds. The number of carboxylic acids is 1. The Balaban J connectivity index is 2.26. The van der Waals surface area contributed by atoms with Crippen LogP contribution in [0.4, 0.5) is 0 Å². The highest BCUT2D eigenvalue weighted by molar-refractivity contribution is 6.32. The molecule has 0 radical (unpaired) electrons. The van der Waals surface area contributed by atoms with E-state index in [1.165, 1.54) is 23.1 Å². The molecule has 1 saturated heterocycles. The van der Waals surface area contributed by atoms with Gasteiger partial charge in [0.2, 0.25) is 0 Å². The number of benzene rings is 1. The van der Waals surface area contributed by atoms with E-state index < -0.39 is 24.0 Å². The van der Waals surface area contributed by atoms with Gasteiger partial charge in [-0.3, -0.25) is 4.79 Å². The number of piperidine rings is 1. The number of likely N-dealkylation sites (tertiary alicyclic amines) is 1. The number of aromatic hydroxyl groups is 1. The fourth-order valence-electron chi connectivity index (χ4n) is 2.23. The number of rotatable bonds is 2. The van der Waals surface area contributed by atoms with Crippen molar-refractivity contribution in [3.8, 4) is 5.75 Å². The van der Waals surface area contributed by atoms with Gasteiger partial charge < -0.3 is 20.2 Å². The van der Waals surface area contributed by atoms with Gasteiger partial charge in [0.15, 0.2) is 0 Å². The third kappa shape index (κ3) is 2.86. The van der Waals surface area contributed by atoms with Crippen molar-refractivity contribution < 1.29 is 24.9 Å². The first-order chi connectivity index (χ1) is 9.40. The van der Waals surface area contributed by atoms with Crippen molar-refractivity contribution in [2.24, 2.45) is 0 Å². The van der Waals surface area contributed by atoms with E-state index in [9.17, 15) is 19.8 Å². The second-order valence-corrected chi connectivity index (χ2v) is 5.10. The van der Waals surface area contributed by atoms with Gasteiger partial charge in [0.05, 0.1) is 11.1 Å². The summed E-state index contributed by atoms with van der Waals surface area (Å²) in [5, 5.41) is 28.0. The van der Waals surface area contributed by atoms with Crippen LogP contribution in [-0.4, -0.2) is 50.8 Å². The molecule has 1 aromatic carbocycles. The van der Waals surface area contributed by atoms with Gasteiger partial charge in [0.25, 0.3) is 5.91 Å². The summed E-state index contributed by atoms with van der Waals surface area (Å²) in [5.41, 5.74) is 0.204. The molecule has 7 heteroatoms. The Hall–Kier alpha value is -1.79. The Morgan fingerprint density at radius 3 is 2.65 bits per heavy atom. The molecule has 2 rings (SSSR count). The predicted octanol–water partition coefficient (Wildman–Crippen LogP) is 1.10. The van der Waals surface area contributed by atoms with E-state index in [0.717, 1.165) is 0 Å². The van der Waals surface area contributed by atoms with Gasteiger partial charge in [-0.25, -0.2) is 4.79 Å². The molecule has 0 bridgehead atoms. The lowest BCUT2D eigenvalue weighted by Crippen LogP contribution is -2.51. The Labute approximate surface area is 120 Å². The lowest BCUT2D eigenvalue weighted by Gasteiger charge is -2.35. The highest BCUT2D eigenvalue weighted by Gasteiger charge is 2.36. The Morgan fingerprint density at radius 2 is 2.05 bits per heavy atom. The minimum absolute atomic E-state index is 0.00683. The number of nitrogens with zero attached hydrogens (tertiary/aromatic N) is 1. The molecule has 1 heterocycles. The summed E-state index contributed by atoms with van der Waals surface area (Å²) in [5.74, 6) is -1.78. The summed E-state index contributed by atoms with van der Waals surface area (Å²) in [6, 6.07) is 2.90. The number of amides is 1. The minimum Gasteiger partial charge on any atom is -0.506 e. The molecule has 1 fully saturated rings. The molecule has 0 spiro atoms. The van der Waals surface area contributed by atoms with Crippen LogP contribution in [0.5, 0.6) is 5.75 Å². The average molecular weight is 300 g/mol. The van der Waals surface area contributed by atoms with Crippen LogP contribution in [-0.2, 0) is 4.79 Å². The molecular weight excluding hydrogens is 286 g/mol. The number of carbonyl (C=O) groups is 2. The van der Waals surface area contributed by atoms with Crippen LogP contribution in [0.2, 0.25) is 5.02 Å². The zero-order valence-electron chi connectivity index (χ0n) is 10.5. The molecule has 0 saturated carbocycles. The van der Waals surface area contributed by atoms with Crippen LogP contribution >= 0.6 is 11.6 Å². The van der Waals surface area contributed by atoms with Crippen molar-refractivity contribution in [3.63, 3.8) is 0 Å². The number of carbonyl (C=O) groups excluding carboxylic acids is 1. The van der Waals surface area contributed by atoms with Crippen molar-refractivity contribution in [1.82, 2.24) is 4.90 Å². The number of phenols is 1. The molecule has 0 unspecified atom stereocenters. The standard InChI is InChI=1S/C13H14ClNO5/c14-9-5-7(1-2-11(9)17)12(18)15-4-3-8(16)6-10(15)13(19)20/h1-2,5,8,10,16-17H,3-4,6H2,(H,19,20)/t8-,10+/m0/s1. The van der Waals surface area contributed by atoms with Crippen LogP contribution in [0.15, 0.2) is 18.2 Å². The Morgan fingerprint density at radius 1 is 1.35 bits per heavy atom. The number of carboxylic acid groups (broad SMARTS) is 1. The Kier molecular flexibility index (Phi) is 4.15. The topological polar surface area (TPSA) is 98.1 Å². The number of hydrogen-bond acceptors (Lipinski definition) is 4. The quantitative estimate of drug-likeness (QED) is 0.759. The average Bonchev–Trinajstić information content (AvgIpc) is 2.41. The molecule has 1 aliphatic heterocycles. The Bertz CT molecular complexity index is 548. The van der Waals surface area contributed by atoms with Crippen LogP contribution in [0.3, 0.4) is 0 Å². The van der Waals surface area contributed by atoms with Gasteiger partial charge in [0.1, 0.15) is 11.8 Å². The number of aliphatic hydroxyl groups excluding tert-OH is 1. The molecule has 0 aromatic heterocycles. The smallest absolute Gasteiger partial charge is 0.326 e. The lowest BCUT2D eigenvalue weighted by molar-refractivity contribution is -0.145. The van der Waals surface area contributed by atoms with E-state index in [1.807, 2.05) is 0 Å². The summed E-state index contributed by atoms with van der Waals surface area (Å²) < 4.78 is 0. The number of halogens is 1. The molecule has 1 aliphatic rings. The first kappa shape index (κ1) is 14.6. The van der Waals surface area contributed by atoms with E-state index in [0.29, 0.717) is 6.42 Å². The summed E-state index contributed by atoms with van der Waals surface area (Å²) in [6.45, 7) is 0.162. The van der Waals surface area contributed by atoms with Gasteiger partial charge in [-0.2, -0.15) is 0 Å². The largest absolute Gasteiger partial charge is 0.506 e. The summed E-state index contributed by atoms with van der Waals surface area (Å²) >= 11 is 5.74. The fourth-order valence-corrected chi connectivity index (χ4v) is 2.41.